The van der Waals surface area contributed by atoms with Crippen LogP contribution >= 0.6 is 31.9 Å². The van der Waals surface area contributed by atoms with Crippen molar-refractivity contribution < 1.29 is 9.47 Å². The van der Waals surface area contributed by atoms with E-state index in [1.54, 1.807) is 7.11 Å². The summed E-state index contributed by atoms with van der Waals surface area (Å²) in [4.78, 5) is 0. The van der Waals surface area contributed by atoms with Crippen molar-refractivity contribution in [2.75, 3.05) is 25.6 Å². The predicted molar refractivity (Wildman–Crippen MR) is 93.6 cm³/mol. The summed E-state index contributed by atoms with van der Waals surface area (Å²) in [6.45, 7) is 3.36. The lowest BCUT2D eigenvalue weighted by atomic mass is 10.2. The van der Waals surface area contributed by atoms with Gasteiger partial charge >= 0.3 is 0 Å². The second-order valence-corrected chi connectivity index (χ2v) is 6.26. The van der Waals surface area contributed by atoms with Gasteiger partial charge in [0.05, 0.1) is 12.8 Å². The maximum Gasteiger partial charge on any atom is 0.119 e. The van der Waals surface area contributed by atoms with Gasteiger partial charge < -0.3 is 14.8 Å². The van der Waals surface area contributed by atoms with Crippen molar-refractivity contribution in [2.45, 2.75) is 6.92 Å². The molecule has 0 aliphatic carbocycles. The second kappa shape index (κ2) is 7.71. The number of aryl methyl sites for hydroxylation is 1. The van der Waals surface area contributed by atoms with Crippen LogP contribution in [0.15, 0.2) is 45.3 Å². The Bertz CT molecular complexity index is 577. The van der Waals surface area contributed by atoms with Gasteiger partial charge in [0.25, 0.3) is 0 Å². The van der Waals surface area contributed by atoms with Gasteiger partial charge in [0, 0.05) is 15.5 Å². The quantitative estimate of drug-likeness (QED) is 0.673. The number of hydrogen-bond donors (Lipinski definition) is 1. The summed E-state index contributed by atoms with van der Waals surface area (Å²) in [5, 5.41) is 3.36. The van der Waals surface area contributed by atoms with E-state index in [0.717, 1.165) is 26.1 Å². The Balaban J connectivity index is 1.84. The zero-order valence-electron chi connectivity index (χ0n) is 12.0. The standard InChI is InChI=1S/C16H17Br2NO2/c1-11-9-14(17)16(15(18)10-11)19-7-8-21-13-5-3-12(20-2)4-6-13/h3-6,9-10,19H,7-8H2,1-2H3. The smallest absolute Gasteiger partial charge is 0.119 e. The van der Waals surface area contributed by atoms with Gasteiger partial charge in [-0.1, -0.05) is 0 Å². The molecule has 2 aromatic rings. The summed E-state index contributed by atoms with van der Waals surface area (Å²) >= 11 is 7.13. The van der Waals surface area contributed by atoms with E-state index in [1.807, 2.05) is 24.3 Å². The summed E-state index contributed by atoms with van der Waals surface area (Å²) < 4.78 is 12.9. The van der Waals surface area contributed by atoms with Gasteiger partial charge in [0.2, 0.25) is 0 Å². The Kier molecular flexibility index (Phi) is 5.94. The molecule has 21 heavy (non-hydrogen) atoms. The van der Waals surface area contributed by atoms with E-state index in [4.69, 9.17) is 9.47 Å². The van der Waals surface area contributed by atoms with Gasteiger partial charge in [-0.2, -0.15) is 0 Å². The third-order valence-corrected chi connectivity index (χ3v) is 4.17. The molecule has 0 aromatic heterocycles. The molecule has 0 atom stereocenters. The molecule has 0 saturated carbocycles. The minimum absolute atomic E-state index is 0.582. The monoisotopic (exact) mass is 413 g/mol. The minimum atomic E-state index is 0.582. The fourth-order valence-corrected chi connectivity index (χ4v) is 3.58. The maximum atomic E-state index is 5.68. The minimum Gasteiger partial charge on any atom is -0.497 e. The van der Waals surface area contributed by atoms with Gasteiger partial charge in [-0.25, -0.2) is 0 Å². The molecule has 0 spiro atoms. The molecule has 0 bridgehead atoms. The van der Waals surface area contributed by atoms with Gasteiger partial charge in [-0.3, -0.25) is 0 Å². The van der Waals surface area contributed by atoms with Crippen LogP contribution in [0, 0.1) is 6.92 Å². The average Bonchev–Trinajstić information content (AvgIpc) is 2.46. The molecule has 1 N–H and O–H groups in total. The van der Waals surface area contributed by atoms with Crippen LogP contribution in [-0.4, -0.2) is 20.3 Å². The Morgan fingerprint density at radius 2 is 1.57 bits per heavy atom. The number of benzene rings is 2. The zero-order chi connectivity index (χ0) is 15.2. The molecule has 0 saturated heterocycles. The fourth-order valence-electron chi connectivity index (χ4n) is 1.89. The Labute approximate surface area is 141 Å². The first-order chi connectivity index (χ1) is 10.1. The highest BCUT2D eigenvalue weighted by atomic mass is 79.9. The van der Waals surface area contributed by atoms with E-state index in [2.05, 4.69) is 56.2 Å². The number of nitrogens with one attached hydrogen (secondary N) is 1. The third-order valence-electron chi connectivity index (χ3n) is 2.92. The molecule has 0 radical (unpaired) electrons. The van der Waals surface area contributed by atoms with Crippen LogP contribution in [0.1, 0.15) is 5.56 Å². The number of anilines is 1. The highest BCUT2D eigenvalue weighted by Gasteiger charge is 2.05. The van der Waals surface area contributed by atoms with E-state index >= 15 is 0 Å². The van der Waals surface area contributed by atoms with Gasteiger partial charge in [-0.15, -0.1) is 0 Å². The predicted octanol–water partition coefficient (Wildman–Crippen LogP) is 5.02. The first kappa shape index (κ1) is 16.2. The Morgan fingerprint density at radius 1 is 1.00 bits per heavy atom. The average molecular weight is 415 g/mol. The molecule has 0 unspecified atom stereocenters. The van der Waals surface area contributed by atoms with Crippen molar-refractivity contribution in [3.05, 3.63) is 50.9 Å². The molecular weight excluding hydrogens is 398 g/mol. The Hall–Kier alpha value is -1.20. The molecule has 2 rings (SSSR count). The summed E-state index contributed by atoms with van der Waals surface area (Å²) in [7, 11) is 1.65. The van der Waals surface area contributed by atoms with Crippen molar-refractivity contribution in [2.24, 2.45) is 0 Å². The lowest BCUT2D eigenvalue weighted by Gasteiger charge is -2.12. The lowest BCUT2D eigenvalue weighted by molar-refractivity contribution is 0.331. The largest absolute Gasteiger partial charge is 0.497 e. The highest BCUT2D eigenvalue weighted by molar-refractivity contribution is 9.11. The molecule has 5 heteroatoms. The molecule has 0 aliphatic heterocycles. The van der Waals surface area contributed by atoms with Crippen LogP contribution in [0.4, 0.5) is 5.69 Å². The number of rotatable bonds is 6. The number of ether oxygens (including phenoxy) is 2. The highest BCUT2D eigenvalue weighted by Crippen LogP contribution is 2.32. The van der Waals surface area contributed by atoms with Crippen LogP contribution in [0.2, 0.25) is 0 Å². The number of hydrogen-bond acceptors (Lipinski definition) is 3. The van der Waals surface area contributed by atoms with Gasteiger partial charge in [-0.05, 0) is 80.7 Å². The van der Waals surface area contributed by atoms with Crippen molar-refractivity contribution in [1.82, 2.24) is 0 Å². The van der Waals surface area contributed by atoms with Crippen molar-refractivity contribution in [3.8, 4) is 11.5 Å². The molecule has 2 aromatic carbocycles. The third kappa shape index (κ3) is 4.64. The van der Waals surface area contributed by atoms with E-state index in [1.165, 1.54) is 5.56 Å². The van der Waals surface area contributed by atoms with E-state index in [0.29, 0.717) is 13.2 Å². The molecule has 3 nitrogen and oxygen atoms in total. The van der Waals surface area contributed by atoms with Gasteiger partial charge in [0.1, 0.15) is 18.1 Å². The first-order valence-electron chi connectivity index (χ1n) is 6.56. The maximum absolute atomic E-state index is 5.68. The molecule has 0 amide bonds. The second-order valence-electron chi connectivity index (χ2n) is 4.55. The summed E-state index contributed by atoms with van der Waals surface area (Å²) in [5.74, 6) is 1.66. The molecule has 0 heterocycles. The topological polar surface area (TPSA) is 30.5 Å². The van der Waals surface area contributed by atoms with Crippen LogP contribution in [0.25, 0.3) is 0 Å². The van der Waals surface area contributed by atoms with Crippen LogP contribution in [-0.2, 0) is 0 Å². The summed E-state index contributed by atoms with van der Waals surface area (Å²) in [5.41, 5.74) is 2.24. The molecule has 0 aliphatic rings. The van der Waals surface area contributed by atoms with E-state index in [-0.39, 0.29) is 0 Å². The lowest BCUT2D eigenvalue weighted by Crippen LogP contribution is -2.12. The van der Waals surface area contributed by atoms with Gasteiger partial charge in [0.15, 0.2) is 0 Å². The summed E-state index contributed by atoms with van der Waals surface area (Å²) in [6, 6.07) is 11.7. The van der Waals surface area contributed by atoms with Crippen LogP contribution in [0.3, 0.4) is 0 Å². The normalized spacial score (nSPS) is 10.3. The van der Waals surface area contributed by atoms with Crippen molar-refractivity contribution in [1.29, 1.82) is 0 Å². The molecular formula is C16H17Br2NO2. The summed E-state index contributed by atoms with van der Waals surface area (Å²) in [6.07, 6.45) is 0. The molecule has 112 valence electrons. The number of halogens is 2. The van der Waals surface area contributed by atoms with E-state index in [9.17, 15) is 0 Å². The van der Waals surface area contributed by atoms with E-state index < -0.39 is 0 Å². The van der Waals surface area contributed by atoms with Crippen molar-refractivity contribution >= 4 is 37.5 Å². The van der Waals surface area contributed by atoms with Crippen molar-refractivity contribution in [3.63, 3.8) is 0 Å². The van der Waals surface area contributed by atoms with Crippen LogP contribution in [0.5, 0.6) is 11.5 Å². The SMILES string of the molecule is COc1ccc(OCCNc2c(Br)cc(C)cc2Br)cc1. The fraction of sp³-hybridized carbons (Fsp3) is 0.250. The Morgan fingerprint density at radius 3 is 2.14 bits per heavy atom. The molecule has 0 fully saturated rings. The first-order valence-corrected chi connectivity index (χ1v) is 8.15. The van der Waals surface area contributed by atoms with Crippen LogP contribution < -0.4 is 14.8 Å². The number of methoxy groups -OCH3 is 1. The zero-order valence-corrected chi connectivity index (χ0v) is 15.1.